The van der Waals surface area contributed by atoms with Crippen LogP contribution in [0.5, 0.6) is 0 Å². The molecule has 25 heavy (non-hydrogen) atoms. The van der Waals surface area contributed by atoms with Gasteiger partial charge in [-0.05, 0) is 24.3 Å². The Morgan fingerprint density at radius 3 is 2.64 bits per heavy atom. The molecular formula is C16H16ClF3N4O. The standard InChI is InChI=1S/C16H15F3N4O.ClH/c1-2-14(24)22-12-6-7-13(23-15(12)20)21-9-10-4-3-5-11(8-10)16(17,18)19;/h2-8H,1,9H2,(H,22,24)(H3,20,21,23);1H. The maximum absolute atomic E-state index is 12.7. The van der Waals surface area contributed by atoms with Gasteiger partial charge in [0.25, 0.3) is 0 Å². The van der Waals surface area contributed by atoms with Gasteiger partial charge in [-0.3, -0.25) is 10.1 Å². The number of nitrogens with two attached hydrogens (primary N) is 2. The van der Waals surface area contributed by atoms with Crippen molar-refractivity contribution in [2.75, 3.05) is 11.1 Å². The lowest BCUT2D eigenvalue weighted by Gasteiger charge is -2.09. The van der Waals surface area contributed by atoms with Crippen LogP contribution in [0.3, 0.4) is 0 Å². The van der Waals surface area contributed by atoms with Crippen molar-refractivity contribution in [1.82, 2.24) is 4.98 Å². The maximum Gasteiger partial charge on any atom is 0.416 e. The number of nitrogens with zero attached hydrogens (tertiary/aromatic N) is 1. The highest BCUT2D eigenvalue weighted by Crippen LogP contribution is 2.29. The summed E-state index contributed by atoms with van der Waals surface area (Å²) in [7, 11) is 0. The summed E-state index contributed by atoms with van der Waals surface area (Å²) >= 11 is 0. The second-order valence-electron chi connectivity index (χ2n) is 4.97. The van der Waals surface area contributed by atoms with E-state index in [-0.39, 0.29) is 24.8 Å². The van der Waals surface area contributed by atoms with E-state index < -0.39 is 17.6 Å². The van der Waals surface area contributed by atoms with Gasteiger partial charge in [0.15, 0.2) is 5.82 Å². The molecule has 0 fully saturated rings. The van der Waals surface area contributed by atoms with E-state index in [4.69, 9.17) is 5.73 Å². The molecule has 1 aromatic carbocycles. The minimum absolute atomic E-state index is 0. The number of amides is 1. The van der Waals surface area contributed by atoms with Crippen LogP contribution in [0.1, 0.15) is 11.1 Å². The normalized spacial score (nSPS) is 10.7. The van der Waals surface area contributed by atoms with E-state index in [0.717, 1.165) is 18.2 Å². The molecule has 0 saturated carbocycles. The van der Waals surface area contributed by atoms with Crippen molar-refractivity contribution < 1.29 is 35.7 Å². The fourth-order valence-electron chi connectivity index (χ4n) is 1.99. The molecule has 2 rings (SSSR count). The first-order valence-electron chi connectivity index (χ1n) is 6.99. The van der Waals surface area contributed by atoms with E-state index in [0.29, 0.717) is 17.1 Å². The molecule has 5 nitrogen and oxygen atoms in total. The number of rotatable bonds is 5. The van der Waals surface area contributed by atoms with Crippen LogP contribution in [0.4, 0.5) is 30.5 Å². The summed E-state index contributed by atoms with van der Waals surface area (Å²) in [6, 6.07) is 8.27. The first-order valence-corrected chi connectivity index (χ1v) is 6.99. The smallest absolute Gasteiger partial charge is 0.416 e. The second-order valence-corrected chi connectivity index (χ2v) is 4.97. The predicted molar refractivity (Wildman–Crippen MR) is 84.2 cm³/mol. The van der Waals surface area contributed by atoms with Crippen molar-refractivity contribution in [2.45, 2.75) is 12.7 Å². The summed E-state index contributed by atoms with van der Waals surface area (Å²) in [6.07, 6.45) is -3.27. The topological polar surface area (TPSA) is 84.6 Å². The van der Waals surface area contributed by atoms with Crippen LogP contribution in [0.2, 0.25) is 0 Å². The van der Waals surface area contributed by atoms with Crippen molar-refractivity contribution in [2.24, 2.45) is 0 Å². The SMILES string of the molecule is C=CC(=O)Nc1ccc([NH2+]Cc2cccc(C(F)(F)F)c2)nc1N.[Cl-]. The molecule has 1 amide bonds. The van der Waals surface area contributed by atoms with Crippen LogP contribution in [0.15, 0.2) is 49.1 Å². The Morgan fingerprint density at radius 2 is 2.04 bits per heavy atom. The monoisotopic (exact) mass is 372 g/mol. The predicted octanol–water partition coefficient (Wildman–Crippen LogP) is -0.794. The van der Waals surface area contributed by atoms with E-state index in [1.165, 1.54) is 6.07 Å². The number of nitrogens with one attached hydrogen (secondary N) is 1. The van der Waals surface area contributed by atoms with E-state index in [2.05, 4.69) is 16.9 Å². The van der Waals surface area contributed by atoms with Gasteiger partial charge in [-0.15, -0.1) is 0 Å². The van der Waals surface area contributed by atoms with E-state index in [1.807, 2.05) is 0 Å². The number of aromatic nitrogens is 1. The molecule has 0 aliphatic carbocycles. The number of benzene rings is 1. The molecule has 0 unspecified atom stereocenters. The van der Waals surface area contributed by atoms with Crippen molar-refractivity contribution >= 4 is 23.2 Å². The van der Waals surface area contributed by atoms with Crippen LogP contribution < -0.4 is 28.8 Å². The molecule has 1 heterocycles. The van der Waals surface area contributed by atoms with Crippen LogP contribution in [0, 0.1) is 0 Å². The average molecular weight is 373 g/mol. The molecule has 0 aliphatic heterocycles. The lowest BCUT2D eigenvalue weighted by atomic mass is 10.1. The number of hydrogen-bond donors (Lipinski definition) is 3. The molecular weight excluding hydrogens is 357 g/mol. The zero-order valence-corrected chi connectivity index (χ0v) is 13.7. The van der Waals surface area contributed by atoms with Gasteiger partial charge in [-0.25, -0.2) is 0 Å². The molecule has 0 saturated heterocycles. The highest BCUT2D eigenvalue weighted by atomic mass is 35.5. The van der Waals surface area contributed by atoms with E-state index >= 15 is 0 Å². The number of nitrogen functional groups attached to an aromatic ring is 1. The summed E-state index contributed by atoms with van der Waals surface area (Å²) in [5.41, 5.74) is 5.91. The van der Waals surface area contributed by atoms with Gasteiger partial charge >= 0.3 is 6.18 Å². The minimum Gasteiger partial charge on any atom is -1.00 e. The van der Waals surface area contributed by atoms with Gasteiger partial charge in [-0.2, -0.15) is 18.2 Å². The number of halogens is 4. The molecule has 134 valence electrons. The minimum atomic E-state index is -4.37. The molecule has 9 heteroatoms. The Bertz CT molecular complexity index is 765. The fourth-order valence-corrected chi connectivity index (χ4v) is 1.99. The summed E-state index contributed by atoms with van der Waals surface area (Å²) < 4.78 is 38.0. The highest BCUT2D eigenvalue weighted by Gasteiger charge is 2.30. The molecule has 0 aliphatic rings. The molecule has 0 spiro atoms. The first kappa shape index (κ1) is 20.5. The van der Waals surface area contributed by atoms with Gasteiger partial charge in [0.1, 0.15) is 6.54 Å². The lowest BCUT2D eigenvalue weighted by molar-refractivity contribution is -0.592. The van der Waals surface area contributed by atoms with Crippen LogP contribution in [-0.4, -0.2) is 10.9 Å². The third kappa shape index (κ3) is 5.77. The summed E-state index contributed by atoms with van der Waals surface area (Å²) in [6.45, 7) is 3.60. The maximum atomic E-state index is 12.7. The van der Waals surface area contributed by atoms with Gasteiger partial charge in [-0.1, -0.05) is 18.7 Å². The number of carbonyl (C=O) groups excluding carboxylic acids is 1. The Morgan fingerprint density at radius 1 is 1.32 bits per heavy atom. The van der Waals surface area contributed by atoms with Crippen molar-refractivity contribution in [3.8, 4) is 0 Å². The summed E-state index contributed by atoms with van der Waals surface area (Å²) in [4.78, 5) is 15.3. The Labute approximate surface area is 148 Å². The third-order valence-electron chi connectivity index (χ3n) is 3.19. The Hall–Kier alpha value is -2.58. The molecule has 0 radical (unpaired) electrons. The van der Waals surface area contributed by atoms with Gasteiger partial charge < -0.3 is 23.5 Å². The number of carbonyl (C=O) groups is 1. The average Bonchev–Trinajstić information content (AvgIpc) is 2.54. The molecule has 5 N–H and O–H groups in total. The zero-order chi connectivity index (χ0) is 17.7. The van der Waals surface area contributed by atoms with Crippen molar-refractivity contribution in [3.05, 3.63) is 60.2 Å². The number of anilines is 2. The van der Waals surface area contributed by atoms with Gasteiger partial charge in [0, 0.05) is 11.6 Å². The van der Waals surface area contributed by atoms with Gasteiger partial charge in [0.2, 0.25) is 11.7 Å². The number of alkyl halides is 3. The second kappa shape index (κ2) is 8.50. The summed E-state index contributed by atoms with van der Waals surface area (Å²) in [5, 5.41) is 4.16. The van der Waals surface area contributed by atoms with Crippen LogP contribution in [-0.2, 0) is 17.5 Å². The van der Waals surface area contributed by atoms with Crippen LogP contribution in [0.25, 0.3) is 0 Å². The summed E-state index contributed by atoms with van der Waals surface area (Å²) in [5.74, 6) is 0.203. The highest BCUT2D eigenvalue weighted by molar-refractivity contribution is 6.00. The number of pyridine rings is 1. The van der Waals surface area contributed by atoms with E-state index in [9.17, 15) is 18.0 Å². The number of quaternary nitrogens is 1. The lowest BCUT2D eigenvalue weighted by Crippen LogP contribution is -3.00. The molecule has 2 aromatic rings. The zero-order valence-electron chi connectivity index (χ0n) is 13.0. The van der Waals surface area contributed by atoms with Crippen LogP contribution >= 0.6 is 0 Å². The Balaban J connectivity index is 0.00000312. The third-order valence-corrected chi connectivity index (χ3v) is 3.19. The largest absolute Gasteiger partial charge is 1.00 e. The van der Waals surface area contributed by atoms with Crippen molar-refractivity contribution in [1.29, 1.82) is 0 Å². The quantitative estimate of drug-likeness (QED) is 0.601. The molecule has 1 aromatic heterocycles. The molecule has 0 bridgehead atoms. The fraction of sp³-hybridized carbons (Fsp3) is 0.125. The molecule has 0 atom stereocenters. The first-order chi connectivity index (χ1) is 11.3. The van der Waals surface area contributed by atoms with Crippen molar-refractivity contribution in [3.63, 3.8) is 0 Å². The van der Waals surface area contributed by atoms with E-state index in [1.54, 1.807) is 23.5 Å². The van der Waals surface area contributed by atoms with Gasteiger partial charge in [0.05, 0.1) is 11.3 Å². The Kier molecular flexibility index (Phi) is 6.96. The number of hydrogen-bond acceptors (Lipinski definition) is 3.